The Morgan fingerprint density at radius 2 is 1.36 bits per heavy atom. The molecular weight excluding hydrogens is 292 g/mol. The molecule has 0 rings (SSSR count). The lowest BCUT2D eigenvalue weighted by Gasteiger charge is -2.19. The maximum Gasteiger partial charge on any atom is 0.306 e. The molecule has 0 aliphatic carbocycles. The van der Waals surface area contributed by atoms with Gasteiger partial charge in [-0.2, -0.15) is 0 Å². The fraction of sp³-hybridized carbons (Fsp3) is 0.867. The monoisotopic (exact) mass is 320 g/mol. The van der Waals surface area contributed by atoms with E-state index < -0.39 is 5.60 Å². The summed E-state index contributed by atoms with van der Waals surface area (Å²) in [5.74, 6) is -0.206. The zero-order chi connectivity index (χ0) is 16.7. The van der Waals surface area contributed by atoms with E-state index in [0.717, 1.165) is 0 Å². The summed E-state index contributed by atoms with van der Waals surface area (Å²) >= 11 is 0. The Labute approximate surface area is 132 Å². The van der Waals surface area contributed by atoms with Crippen LogP contribution in [0.5, 0.6) is 0 Å². The summed E-state index contributed by atoms with van der Waals surface area (Å²) in [5.41, 5.74) is -0.437. The number of esters is 1. The second-order valence-corrected chi connectivity index (χ2v) is 5.49. The third kappa shape index (κ3) is 16.9. The fourth-order valence-electron chi connectivity index (χ4n) is 1.41. The van der Waals surface area contributed by atoms with Crippen LogP contribution >= 0.6 is 0 Å². The third-order valence-corrected chi connectivity index (χ3v) is 2.25. The van der Waals surface area contributed by atoms with Crippen molar-refractivity contribution < 1.29 is 33.3 Å². The minimum absolute atomic E-state index is 0.206. The molecule has 22 heavy (non-hydrogen) atoms. The van der Waals surface area contributed by atoms with Crippen molar-refractivity contribution in [1.29, 1.82) is 0 Å². The van der Waals surface area contributed by atoms with Gasteiger partial charge in [0.1, 0.15) is 12.2 Å². The number of hydrogen-bond acceptors (Lipinski definition) is 7. The van der Waals surface area contributed by atoms with Crippen molar-refractivity contribution in [3.05, 3.63) is 0 Å². The number of ether oxygens (including phenoxy) is 5. The van der Waals surface area contributed by atoms with Crippen LogP contribution in [0.25, 0.3) is 0 Å². The molecule has 0 N–H and O–H groups in total. The molecule has 0 unspecified atom stereocenters. The first-order chi connectivity index (χ1) is 10.5. The molecule has 0 saturated heterocycles. The number of hydrogen-bond donors (Lipinski definition) is 0. The molecule has 0 aromatic carbocycles. The van der Waals surface area contributed by atoms with E-state index in [-0.39, 0.29) is 12.6 Å². The van der Waals surface area contributed by atoms with Gasteiger partial charge in [0.2, 0.25) is 0 Å². The lowest BCUT2D eigenvalue weighted by atomic mass is 10.2. The summed E-state index contributed by atoms with van der Waals surface area (Å²) in [6.07, 6.45) is 0.990. The summed E-state index contributed by atoms with van der Waals surface area (Å²) in [7, 11) is 0. The van der Waals surface area contributed by atoms with Crippen LogP contribution in [0.2, 0.25) is 0 Å². The second kappa shape index (κ2) is 13.5. The molecule has 0 heterocycles. The van der Waals surface area contributed by atoms with Gasteiger partial charge in [0, 0.05) is 13.0 Å². The van der Waals surface area contributed by atoms with E-state index >= 15 is 0 Å². The van der Waals surface area contributed by atoms with E-state index in [0.29, 0.717) is 59.0 Å². The molecule has 0 spiro atoms. The molecule has 0 aromatic heterocycles. The fourth-order valence-corrected chi connectivity index (χ4v) is 1.41. The lowest BCUT2D eigenvalue weighted by molar-refractivity contribution is -0.155. The predicted octanol–water partition coefficient (Wildman–Crippen LogP) is 1.33. The Bertz CT molecular complexity index is 286. The molecular formula is C15H28O7. The Morgan fingerprint density at radius 3 is 1.86 bits per heavy atom. The Balaban J connectivity index is 3.17. The van der Waals surface area contributed by atoms with E-state index in [4.69, 9.17) is 18.9 Å². The summed E-state index contributed by atoms with van der Waals surface area (Å²) in [5, 5.41) is 0. The highest BCUT2D eigenvalue weighted by atomic mass is 16.6. The van der Waals surface area contributed by atoms with Gasteiger partial charge in [-0.05, 0) is 27.2 Å². The molecule has 130 valence electrons. The normalized spacial score (nSPS) is 11.2. The van der Waals surface area contributed by atoms with Gasteiger partial charge in [-0.3, -0.25) is 9.59 Å². The van der Waals surface area contributed by atoms with Gasteiger partial charge in [-0.1, -0.05) is 0 Å². The van der Waals surface area contributed by atoms with Gasteiger partial charge in [0.15, 0.2) is 0 Å². The number of rotatable bonds is 14. The summed E-state index contributed by atoms with van der Waals surface area (Å²) in [6.45, 7) is 8.90. The highest BCUT2D eigenvalue weighted by Crippen LogP contribution is 2.08. The summed E-state index contributed by atoms with van der Waals surface area (Å²) in [4.78, 5) is 21.3. The van der Waals surface area contributed by atoms with Crippen molar-refractivity contribution in [3.63, 3.8) is 0 Å². The Hall–Kier alpha value is -1.18. The summed E-state index contributed by atoms with van der Waals surface area (Å²) in [6, 6.07) is 0. The molecule has 0 aliphatic rings. The van der Waals surface area contributed by atoms with Gasteiger partial charge < -0.3 is 23.7 Å². The van der Waals surface area contributed by atoms with Crippen LogP contribution in [-0.4, -0.2) is 64.3 Å². The highest BCUT2D eigenvalue weighted by molar-refractivity contribution is 5.69. The molecule has 0 fully saturated rings. The van der Waals surface area contributed by atoms with Crippen molar-refractivity contribution in [2.75, 3.05) is 46.2 Å². The maximum absolute atomic E-state index is 11.4. The van der Waals surface area contributed by atoms with Crippen molar-refractivity contribution in [2.24, 2.45) is 0 Å². The molecule has 0 atom stereocenters. The topological polar surface area (TPSA) is 80.3 Å². The van der Waals surface area contributed by atoms with Gasteiger partial charge >= 0.3 is 5.97 Å². The van der Waals surface area contributed by atoms with Gasteiger partial charge in [0.05, 0.1) is 33.0 Å². The van der Waals surface area contributed by atoms with E-state index in [1.807, 2.05) is 20.8 Å². The van der Waals surface area contributed by atoms with Crippen molar-refractivity contribution in [2.45, 2.75) is 39.2 Å². The quantitative estimate of drug-likeness (QED) is 0.271. The highest BCUT2D eigenvalue weighted by Gasteiger charge is 2.15. The standard InChI is InChI=1S/C15H28O7/c1-15(2,3)22-14(17)5-4-6-18-7-8-19-9-10-20-11-12-21-13-16/h13H,4-12H2,1-3H3. The predicted molar refractivity (Wildman–Crippen MR) is 79.6 cm³/mol. The zero-order valence-corrected chi connectivity index (χ0v) is 13.8. The second-order valence-electron chi connectivity index (χ2n) is 5.49. The Morgan fingerprint density at radius 1 is 0.864 bits per heavy atom. The van der Waals surface area contributed by atoms with Crippen LogP contribution in [-0.2, 0) is 33.3 Å². The van der Waals surface area contributed by atoms with Gasteiger partial charge in [0.25, 0.3) is 6.47 Å². The molecule has 0 bridgehead atoms. The third-order valence-electron chi connectivity index (χ3n) is 2.25. The molecule has 7 nitrogen and oxygen atoms in total. The van der Waals surface area contributed by atoms with E-state index in [1.54, 1.807) is 0 Å². The first-order valence-corrected chi connectivity index (χ1v) is 7.46. The van der Waals surface area contributed by atoms with Crippen LogP contribution in [0.3, 0.4) is 0 Å². The van der Waals surface area contributed by atoms with Crippen LogP contribution < -0.4 is 0 Å². The number of carbonyl (C=O) groups is 2. The summed E-state index contributed by atoms with van der Waals surface area (Å²) < 4.78 is 25.4. The first kappa shape index (κ1) is 20.8. The molecule has 0 aromatic rings. The largest absolute Gasteiger partial charge is 0.465 e. The average Bonchev–Trinajstić information content (AvgIpc) is 2.42. The minimum atomic E-state index is -0.437. The zero-order valence-electron chi connectivity index (χ0n) is 13.8. The van der Waals surface area contributed by atoms with E-state index in [1.165, 1.54) is 0 Å². The first-order valence-electron chi connectivity index (χ1n) is 7.46. The van der Waals surface area contributed by atoms with Crippen LogP contribution in [0.1, 0.15) is 33.6 Å². The molecule has 0 radical (unpaired) electrons. The smallest absolute Gasteiger partial charge is 0.306 e. The van der Waals surface area contributed by atoms with E-state index in [2.05, 4.69) is 4.74 Å². The molecule has 0 saturated carbocycles. The van der Waals surface area contributed by atoms with Gasteiger partial charge in [-0.15, -0.1) is 0 Å². The maximum atomic E-state index is 11.4. The molecule has 0 amide bonds. The SMILES string of the molecule is CC(C)(C)OC(=O)CCCOCCOCCOCCOC=O. The van der Waals surface area contributed by atoms with Crippen molar-refractivity contribution in [1.82, 2.24) is 0 Å². The van der Waals surface area contributed by atoms with E-state index in [9.17, 15) is 9.59 Å². The lowest BCUT2D eigenvalue weighted by Crippen LogP contribution is -2.23. The molecule has 7 heteroatoms. The average molecular weight is 320 g/mol. The van der Waals surface area contributed by atoms with Crippen LogP contribution in [0.15, 0.2) is 0 Å². The van der Waals surface area contributed by atoms with Crippen molar-refractivity contribution >= 4 is 12.4 Å². The number of carbonyl (C=O) groups excluding carboxylic acids is 2. The Kier molecular flexibility index (Phi) is 12.8. The van der Waals surface area contributed by atoms with Crippen LogP contribution in [0, 0.1) is 0 Å². The molecule has 0 aliphatic heterocycles. The van der Waals surface area contributed by atoms with Crippen LogP contribution in [0.4, 0.5) is 0 Å². The van der Waals surface area contributed by atoms with Gasteiger partial charge in [-0.25, -0.2) is 0 Å². The minimum Gasteiger partial charge on any atom is -0.465 e. The van der Waals surface area contributed by atoms with Crippen molar-refractivity contribution in [3.8, 4) is 0 Å².